The molecule has 0 radical (unpaired) electrons. The molecule has 0 saturated heterocycles. The largest absolute Gasteiger partial charge is 0.312 e. The molecule has 0 fully saturated rings. The molecule has 15 heavy (non-hydrogen) atoms. The van der Waals surface area contributed by atoms with Gasteiger partial charge in [-0.25, -0.2) is 0 Å². The lowest BCUT2D eigenvalue weighted by molar-refractivity contribution is 0.426. The predicted molar refractivity (Wildman–Crippen MR) is 63.9 cm³/mol. The van der Waals surface area contributed by atoms with Crippen LogP contribution >= 0.6 is 0 Å². The molecule has 0 aliphatic rings. The summed E-state index contributed by atoms with van der Waals surface area (Å²) < 4.78 is 2.10. The van der Waals surface area contributed by atoms with E-state index >= 15 is 0 Å². The van der Waals surface area contributed by atoms with Crippen molar-refractivity contribution in [3.63, 3.8) is 0 Å². The van der Waals surface area contributed by atoms with Crippen LogP contribution in [0.15, 0.2) is 6.07 Å². The Balaban J connectivity index is 2.89. The van der Waals surface area contributed by atoms with Crippen LogP contribution in [0.1, 0.15) is 44.6 Å². The van der Waals surface area contributed by atoms with Crippen molar-refractivity contribution in [2.45, 2.75) is 46.7 Å². The average molecular weight is 209 g/mol. The Hall–Kier alpha value is -0.830. The first-order chi connectivity index (χ1) is 7.08. The van der Waals surface area contributed by atoms with E-state index in [0.29, 0.717) is 12.0 Å². The molecule has 1 unspecified atom stereocenters. The maximum absolute atomic E-state index is 4.48. The smallest absolute Gasteiger partial charge is 0.0597 e. The Morgan fingerprint density at radius 1 is 1.47 bits per heavy atom. The van der Waals surface area contributed by atoms with Crippen molar-refractivity contribution >= 4 is 0 Å². The van der Waals surface area contributed by atoms with Crippen LogP contribution in [0, 0.1) is 12.8 Å². The van der Waals surface area contributed by atoms with E-state index in [0.717, 1.165) is 18.7 Å². The van der Waals surface area contributed by atoms with Gasteiger partial charge in [-0.15, -0.1) is 0 Å². The van der Waals surface area contributed by atoms with E-state index in [-0.39, 0.29) is 0 Å². The molecule has 1 heterocycles. The molecule has 0 aliphatic carbocycles. The first-order valence-electron chi connectivity index (χ1n) is 5.80. The Labute approximate surface area is 92.9 Å². The lowest BCUT2D eigenvalue weighted by atomic mass is 10.0. The van der Waals surface area contributed by atoms with Gasteiger partial charge in [0, 0.05) is 12.6 Å². The minimum Gasteiger partial charge on any atom is -0.312 e. The zero-order valence-corrected chi connectivity index (χ0v) is 10.5. The quantitative estimate of drug-likeness (QED) is 0.807. The molecule has 3 heteroatoms. The molecule has 1 rings (SSSR count). The van der Waals surface area contributed by atoms with Gasteiger partial charge in [-0.05, 0) is 39.3 Å². The molecule has 3 nitrogen and oxygen atoms in total. The van der Waals surface area contributed by atoms with Gasteiger partial charge in [0.25, 0.3) is 0 Å². The zero-order valence-electron chi connectivity index (χ0n) is 10.5. The van der Waals surface area contributed by atoms with Gasteiger partial charge in [-0.2, -0.15) is 5.10 Å². The van der Waals surface area contributed by atoms with Gasteiger partial charge in [0.1, 0.15) is 0 Å². The highest BCUT2D eigenvalue weighted by molar-refractivity contribution is 5.13. The monoisotopic (exact) mass is 209 g/mol. The maximum atomic E-state index is 4.48. The fourth-order valence-corrected chi connectivity index (χ4v) is 1.96. The Morgan fingerprint density at radius 3 is 2.60 bits per heavy atom. The highest BCUT2D eigenvalue weighted by Crippen LogP contribution is 2.21. The van der Waals surface area contributed by atoms with Crippen molar-refractivity contribution in [2.24, 2.45) is 5.92 Å². The third-order valence-electron chi connectivity index (χ3n) is 2.65. The molecular formula is C12H23N3. The van der Waals surface area contributed by atoms with E-state index in [1.54, 1.807) is 0 Å². The number of hydrogen-bond donors (Lipinski definition) is 1. The van der Waals surface area contributed by atoms with Crippen LogP contribution in [0.3, 0.4) is 0 Å². The van der Waals surface area contributed by atoms with Gasteiger partial charge >= 0.3 is 0 Å². The van der Waals surface area contributed by atoms with Gasteiger partial charge in [0.05, 0.1) is 11.4 Å². The van der Waals surface area contributed by atoms with E-state index in [2.05, 4.69) is 48.9 Å². The van der Waals surface area contributed by atoms with Gasteiger partial charge in [0.15, 0.2) is 0 Å². The summed E-state index contributed by atoms with van der Waals surface area (Å²) in [4.78, 5) is 0. The van der Waals surface area contributed by atoms with Crippen molar-refractivity contribution in [1.82, 2.24) is 15.1 Å². The summed E-state index contributed by atoms with van der Waals surface area (Å²) in [5, 5.41) is 7.86. The fourth-order valence-electron chi connectivity index (χ4n) is 1.96. The SMILES string of the molecule is CCn1nc(C)cc1C(CC(C)C)NC. The summed E-state index contributed by atoms with van der Waals surface area (Å²) in [6.45, 7) is 9.64. The molecule has 0 aromatic carbocycles. The molecule has 0 amide bonds. The van der Waals surface area contributed by atoms with E-state index in [4.69, 9.17) is 0 Å². The summed E-state index contributed by atoms with van der Waals surface area (Å²) in [5.41, 5.74) is 2.42. The number of nitrogens with zero attached hydrogens (tertiary/aromatic N) is 2. The molecule has 1 N–H and O–H groups in total. The molecular weight excluding hydrogens is 186 g/mol. The van der Waals surface area contributed by atoms with Crippen LogP contribution in [0.2, 0.25) is 0 Å². The maximum Gasteiger partial charge on any atom is 0.0597 e. The molecule has 86 valence electrons. The van der Waals surface area contributed by atoms with Crippen LogP contribution in [-0.4, -0.2) is 16.8 Å². The number of rotatable bonds is 5. The van der Waals surface area contributed by atoms with E-state index in [1.807, 2.05) is 7.05 Å². The van der Waals surface area contributed by atoms with Gasteiger partial charge < -0.3 is 5.32 Å². The van der Waals surface area contributed by atoms with Gasteiger partial charge in [-0.1, -0.05) is 13.8 Å². The average Bonchev–Trinajstić information content (AvgIpc) is 2.55. The lowest BCUT2D eigenvalue weighted by Gasteiger charge is -2.19. The van der Waals surface area contributed by atoms with Crippen molar-refractivity contribution in [2.75, 3.05) is 7.05 Å². The Bertz CT molecular complexity index is 302. The lowest BCUT2D eigenvalue weighted by Crippen LogP contribution is -2.21. The molecule has 0 spiro atoms. The van der Waals surface area contributed by atoms with Gasteiger partial charge in [-0.3, -0.25) is 4.68 Å². The summed E-state index contributed by atoms with van der Waals surface area (Å²) in [7, 11) is 2.02. The second-order valence-electron chi connectivity index (χ2n) is 4.50. The minimum atomic E-state index is 0.422. The number of aryl methyl sites for hydroxylation is 2. The molecule has 1 aromatic rings. The summed E-state index contributed by atoms with van der Waals surface area (Å²) >= 11 is 0. The van der Waals surface area contributed by atoms with E-state index in [9.17, 15) is 0 Å². The standard InChI is InChI=1S/C12H23N3/c1-6-15-12(8-10(4)14-15)11(13-5)7-9(2)3/h8-9,11,13H,6-7H2,1-5H3. The van der Waals surface area contributed by atoms with Gasteiger partial charge in [0.2, 0.25) is 0 Å². The van der Waals surface area contributed by atoms with Crippen molar-refractivity contribution < 1.29 is 0 Å². The third-order valence-corrected chi connectivity index (χ3v) is 2.65. The van der Waals surface area contributed by atoms with Crippen molar-refractivity contribution in [3.05, 3.63) is 17.5 Å². The second-order valence-corrected chi connectivity index (χ2v) is 4.50. The first kappa shape index (κ1) is 12.2. The number of hydrogen-bond acceptors (Lipinski definition) is 2. The summed E-state index contributed by atoms with van der Waals surface area (Å²) in [6, 6.07) is 2.61. The Morgan fingerprint density at radius 2 is 2.13 bits per heavy atom. The second kappa shape index (κ2) is 5.31. The first-order valence-corrected chi connectivity index (χ1v) is 5.80. The van der Waals surface area contributed by atoms with Crippen LogP contribution in [0.25, 0.3) is 0 Å². The van der Waals surface area contributed by atoms with Crippen molar-refractivity contribution in [1.29, 1.82) is 0 Å². The van der Waals surface area contributed by atoms with Crippen LogP contribution in [0.5, 0.6) is 0 Å². The summed E-state index contributed by atoms with van der Waals surface area (Å²) in [5.74, 6) is 0.697. The fraction of sp³-hybridized carbons (Fsp3) is 0.750. The van der Waals surface area contributed by atoms with E-state index < -0.39 is 0 Å². The molecule has 1 atom stereocenters. The zero-order chi connectivity index (χ0) is 11.4. The summed E-state index contributed by atoms with van der Waals surface area (Å²) in [6.07, 6.45) is 1.15. The van der Waals surface area contributed by atoms with E-state index in [1.165, 1.54) is 5.69 Å². The number of aromatic nitrogens is 2. The molecule has 0 saturated carbocycles. The predicted octanol–water partition coefficient (Wildman–Crippen LogP) is 2.52. The normalized spacial score (nSPS) is 13.5. The highest BCUT2D eigenvalue weighted by atomic mass is 15.3. The van der Waals surface area contributed by atoms with Crippen LogP contribution in [0.4, 0.5) is 0 Å². The number of nitrogens with one attached hydrogen (secondary N) is 1. The highest BCUT2D eigenvalue weighted by Gasteiger charge is 2.16. The van der Waals surface area contributed by atoms with Crippen LogP contribution < -0.4 is 5.32 Å². The Kier molecular flexibility index (Phi) is 4.33. The molecule has 1 aromatic heterocycles. The minimum absolute atomic E-state index is 0.422. The topological polar surface area (TPSA) is 29.9 Å². The molecule has 0 bridgehead atoms. The van der Waals surface area contributed by atoms with Crippen LogP contribution in [-0.2, 0) is 6.54 Å². The third kappa shape index (κ3) is 3.06. The van der Waals surface area contributed by atoms with Crippen molar-refractivity contribution in [3.8, 4) is 0 Å². The molecule has 0 aliphatic heterocycles.